The zero-order chi connectivity index (χ0) is 19.2. The highest BCUT2D eigenvalue weighted by molar-refractivity contribution is 5.50. The van der Waals surface area contributed by atoms with Crippen LogP contribution in [0.25, 0.3) is 0 Å². The summed E-state index contributed by atoms with van der Waals surface area (Å²) >= 11 is 0. The molecule has 0 aromatic heterocycles. The summed E-state index contributed by atoms with van der Waals surface area (Å²) in [6, 6.07) is 4.13. The fourth-order valence-corrected chi connectivity index (χ4v) is 2.76. The van der Waals surface area contributed by atoms with Gasteiger partial charge in [-0.3, -0.25) is 0 Å². The molecule has 2 aromatic rings. The van der Waals surface area contributed by atoms with Gasteiger partial charge in [-0.25, -0.2) is 0 Å². The zero-order valence-electron chi connectivity index (χ0n) is 13.1. The van der Waals surface area contributed by atoms with Crippen LogP contribution in [0.5, 0.6) is 11.5 Å². The molecule has 8 heteroatoms. The summed E-state index contributed by atoms with van der Waals surface area (Å²) in [6.07, 6.45) is -11.4. The largest absolute Gasteiger partial charge is 0.508 e. The summed E-state index contributed by atoms with van der Waals surface area (Å²) in [5.74, 6) is -0.826. The predicted octanol–water partition coefficient (Wildman–Crippen LogP) is 5.13. The molecule has 0 bridgehead atoms. The Labute approximate surface area is 139 Å². The van der Waals surface area contributed by atoms with Crippen molar-refractivity contribution in [3.05, 3.63) is 58.7 Å². The van der Waals surface area contributed by atoms with Crippen molar-refractivity contribution in [2.45, 2.75) is 31.6 Å². The molecule has 0 aliphatic rings. The van der Waals surface area contributed by atoms with Gasteiger partial charge in [-0.15, -0.1) is 0 Å². The van der Waals surface area contributed by atoms with Crippen LogP contribution in [0.4, 0.5) is 26.3 Å². The average Bonchev–Trinajstić information content (AvgIpc) is 2.44. The topological polar surface area (TPSA) is 40.5 Å². The Morgan fingerprint density at radius 3 is 1.20 bits per heavy atom. The molecule has 0 aliphatic carbocycles. The van der Waals surface area contributed by atoms with Gasteiger partial charge >= 0.3 is 12.4 Å². The van der Waals surface area contributed by atoms with Crippen LogP contribution in [0, 0.1) is 13.8 Å². The fraction of sp³-hybridized carbons (Fsp3) is 0.294. The van der Waals surface area contributed by atoms with Crippen LogP contribution in [0.2, 0.25) is 0 Å². The summed E-state index contributed by atoms with van der Waals surface area (Å²) in [7, 11) is 0. The van der Waals surface area contributed by atoms with Crippen molar-refractivity contribution in [3.8, 4) is 11.5 Å². The second-order valence-corrected chi connectivity index (χ2v) is 5.75. The number of phenols is 2. The monoisotopic (exact) mass is 364 g/mol. The normalized spacial score (nSPS) is 13.1. The molecule has 136 valence electrons. The molecule has 0 saturated carbocycles. The lowest BCUT2D eigenvalue weighted by Gasteiger charge is -2.38. The number of alkyl halides is 6. The van der Waals surface area contributed by atoms with E-state index in [1.807, 2.05) is 0 Å². The molecular formula is C17H14F6O2. The summed E-state index contributed by atoms with van der Waals surface area (Å²) in [5, 5.41) is 18.9. The van der Waals surface area contributed by atoms with Crippen LogP contribution in [-0.2, 0) is 5.41 Å². The minimum atomic E-state index is -5.71. The van der Waals surface area contributed by atoms with Gasteiger partial charge in [-0.05, 0) is 48.2 Å². The molecule has 0 radical (unpaired) electrons. The molecule has 0 spiro atoms. The van der Waals surface area contributed by atoms with Gasteiger partial charge in [0.2, 0.25) is 5.41 Å². The van der Waals surface area contributed by atoms with Crippen molar-refractivity contribution in [1.29, 1.82) is 0 Å². The molecule has 2 nitrogen and oxygen atoms in total. The first-order chi connectivity index (χ1) is 11.3. The Balaban J connectivity index is 2.96. The lowest BCUT2D eigenvalue weighted by molar-refractivity contribution is -0.288. The van der Waals surface area contributed by atoms with Crippen LogP contribution in [0.3, 0.4) is 0 Å². The van der Waals surface area contributed by atoms with Gasteiger partial charge in [0.25, 0.3) is 0 Å². The quantitative estimate of drug-likeness (QED) is 0.726. The lowest BCUT2D eigenvalue weighted by Crippen LogP contribution is -2.54. The number of hydrogen-bond acceptors (Lipinski definition) is 2. The SMILES string of the molecule is Cc1cc(C(c2ccc(O)c(C)c2)(C(F)(F)F)C(F)(F)F)ccc1O. The molecular weight excluding hydrogens is 350 g/mol. The Morgan fingerprint density at radius 1 is 0.640 bits per heavy atom. The fourth-order valence-electron chi connectivity index (χ4n) is 2.76. The van der Waals surface area contributed by atoms with Gasteiger partial charge in [0, 0.05) is 0 Å². The van der Waals surface area contributed by atoms with Crippen molar-refractivity contribution in [3.63, 3.8) is 0 Å². The van der Waals surface area contributed by atoms with Crippen molar-refractivity contribution in [1.82, 2.24) is 0 Å². The van der Waals surface area contributed by atoms with Crippen LogP contribution >= 0.6 is 0 Å². The van der Waals surface area contributed by atoms with E-state index >= 15 is 0 Å². The van der Waals surface area contributed by atoms with Gasteiger partial charge in [0.15, 0.2) is 0 Å². The van der Waals surface area contributed by atoms with E-state index in [0.717, 1.165) is 12.1 Å². The second-order valence-electron chi connectivity index (χ2n) is 5.75. The van der Waals surface area contributed by atoms with Gasteiger partial charge in [-0.2, -0.15) is 26.3 Å². The number of aromatic hydroxyl groups is 2. The van der Waals surface area contributed by atoms with E-state index in [2.05, 4.69) is 0 Å². The first-order valence-electron chi connectivity index (χ1n) is 7.06. The minimum Gasteiger partial charge on any atom is -0.508 e. The van der Waals surface area contributed by atoms with Gasteiger partial charge in [-0.1, -0.05) is 24.3 Å². The number of phenolic OH excluding ortho intramolecular Hbond substituents is 2. The molecule has 0 heterocycles. The third-order valence-corrected chi connectivity index (χ3v) is 4.11. The van der Waals surface area contributed by atoms with E-state index in [-0.39, 0.29) is 11.1 Å². The van der Waals surface area contributed by atoms with Crippen LogP contribution in [-0.4, -0.2) is 22.6 Å². The number of aryl methyl sites for hydroxylation is 2. The summed E-state index contributed by atoms with van der Waals surface area (Å²) < 4.78 is 83.2. The van der Waals surface area contributed by atoms with E-state index in [4.69, 9.17) is 0 Å². The number of hydrogen-bond donors (Lipinski definition) is 2. The first kappa shape index (κ1) is 19.0. The first-order valence-corrected chi connectivity index (χ1v) is 7.06. The summed E-state index contributed by atoms with van der Waals surface area (Å²) in [6.45, 7) is 2.41. The molecule has 25 heavy (non-hydrogen) atoms. The molecule has 2 rings (SSSR count). The number of halogens is 6. The third kappa shape index (κ3) is 2.89. The molecule has 0 atom stereocenters. The van der Waals surface area contributed by atoms with Crippen molar-refractivity contribution >= 4 is 0 Å². The summed E-state index contributed by atoms with van der Waals surface area (Å²) in [5.41, 5.74) is -6.66. The van der Waals surface area contributed by atoms with Crippen LogP contribution in [0.15, 0.2) is 36.4 Å². The highest BCUT2D eigenvalue weighted by Crippen LogP contribution is 2.56. The molecule has 2 aromatic carbocycles. The maximum Gasteiger partial charge on any atom is 0.411 e. The highest BCUT2D eigenvalue weighted by Gasteiger charge is 2.72. The maximum absolute atomic E-state index is 13.9. The van der Waals surface area contributed by atoms with Gasteiger partial charge < -0.3 is 10.2 Å². The summed E-state index contributed by atoms with van der Waals surface area (Å²) in [4.78, 5) is 0. The standard InChI is InChI=1S/C17H14F6O2/c1-9-7-11(3-5-13(9)24)15(16(18,19)20,17(21,22)23)12-4-6-14(25)10(2)8-12/h3-8,24-25H,1-2H3. The van der Waals surface area contributed by atoms with E-state index < -0.39 is 40.4 Å². The van der Waals surface area contributed by atoms with E-state index in [9.17, 15) is 36.6 Å². The Morgan fingerprint density at radius 2 is 0.960 bits per heavy atom. The van der Waals surface area contributed by atoms with Crippen LogP contribution < -0.4 is 0 Å². The molecule has 0 unspecified atom stereocenters. The molecule has 0 amide bonds. The van der Waals surface area contributed by atoms with Crippen LogP contribution in [0.1, 0.15) is 22.3 Å². The second kappa shape index (κ2) is 5.86. The molecule has 0 fully saturated rings. The van der Waals surface area contributed by atoms with Gasteiger partial charge in [0.1, 0.15) is 11.5 Å². The molecule has 0 saturated heterocycles. The van der Waals surface area contributed by atoms with Crippen molar-refractivity contribution < 1.29 is 36.6 Å². The highest BCUT2D eigenvalue weighted by atomic mass is 19.4. The Kier molecular flexibility index (Phi) is 4.44. The Bertz CT molecular complexity index is 725. The zero-order valence-corrected chi connectivity index (χ0v) is 13.1. The third-order valence-electron chi connectivity index (χ3n) is 4.11. The maximum atomic E-state index is 13.9. The minimum absolute atomic E-state index is 0.120. The van der Waals surface area contributed by atoms with E-state index in [1.54, 1.807) is 0 Å². The molecule has 0 aliphatic heterocycles. The number of rotatable bonds is 2. The predicted molar refractivity (Wildman–Crippen MR) is 78.6 cm³/mol. The van der Waals surface area contributed by atoms with Gasteiger partial charge in [0.05, 0.1) is 0 Å². The molecule has 2 N–H and O–H groups in total. The van der Waals surface area contributed by atoms with Crippen molar-refractivity contribution in [2.24, 2.45) is 0 Å². The smallest absolute Gasteiger partial charge is 0.411 e. The van der Waals surface area contributed by atoms with Crippen molar-refractivity contribution in [2.75, 3.05) is 0 Å². The lowest BCUT2D eigenvalue weighted by atomic mass is 9.72. The van der Waals surface area contributed by atoms with E-state index in [0.29, 0.717) is 24.3 Å². The van der Waals surface area contributed by atoms with E-state index in [1.165, 1.54) is 13.8 Å². The Hall–Kier alpha value is -2.38. The number of benzene rings is 2. The average molecular weight is 364 g/mol.